The number of aromatic nitrogens is 3. The Labute approximate surface area is 113 Å². The van der Waals surface area contributed by atoms with Crippen molar-refractivity contribution in [3.8, 4) is 0 Å². The highest BCUT2D eigenvalue weighted by Crippen LogP contribution is 2.23. The quantitative estimate of drug-likeness (QED) is 0.910. The first kappa shape index (κ1) is 13.1. The summed E-state index contributed by atoms with van der Waals surface area (Å²) in [6.07, 6.45) is 0. The summed E-state index contributed by atoms with van der Waals surface area (Å²) in [6, 6.07) is 4.02. The number of benzene rings is 1. The predicted molar refractivity (Wildman–Crippen MR) is 68.4 cm³/mol. The van der Waals surface area contributed by atoms with Crippen LogP contribution in [-0.4, -0.2) is 23.6 Å². The highest BCUT2D eigenvalue weighted by Gasteiger charge is 2.17. The number of aryl methyl sites for hydroxylation is 1. The fraction of sp³-hybridized carbons (Fsp3) is 0.111. The molecule has 1 aromatic carbocycles. The van der Waals surface area contributed by atoms with Gasteiger partial charge in [-0.1, -0.05) is 23.2 Å². The normalized spacial score (nSPS) is 11.5. The van der Waals surface area contributed by atoms with Crippen LogP contribution in [0.4, 0.5) is 5.95 Å². The number of hydrogen-bond donors (Lipinski definition) is 2. The van der Waals surface area contributed by atoms with Crippen molar-refractivity contribution in [1.29, 1.82) is 0 Å². The molecule has 2 rings (SSSR count). The van der Waals surface area contributed by atoms with Crippen LogP contribution in [0.5, 0.6) is 0 Å². The van der Waals surface area contributed by atoms with E-state index < -0.39 is 10.0 Å². The van der Waals surface area contributed by atoms with Gasteiger partial charge in [-0.3, -0.25) is 5.10 Å². The zero-order chi connectivity index (χ0) is 13.3. The summed E-state index contributed by atoms with van der Waals surface area (Å²) in [5.41, 5.74) is 0. The molecule has 0 atom stereocenters. The lowest BCUT2D eigenvalue weighted by Crippen LogP contribution is -2.14. The minimum atomic E-state index is -3.81. The molecule has 6 nitrogen and oxygen atoms in total. The first-order valence-corrected chi connectivity index (χ1v) is 6.99. The molecule has 0 bridgehead atoms. The molecule has 1 aromatic heterocycles. The number of rotatable bonds is 3. The Morgan fingerprint density at radius 2 is 1.83 bits per heavy atom. The third kappa shape index (κ3) is 2.92. The van der Waals surface area contributed by atoms with Crippen LogP contribution in [0.15, 0.2) is 23.1 Å². The summed E-state index contributed by atoms with van der Waals surface area (Å²) >= 11 is 11.5. The number of anilines is 1. The number of sulfonamides is 1. The lowest BCUT2D eigenvalue weighted by Gasteiger charge is -2.05. The number of aromatic amines is 1. The molecule has 0 fully saturated rings. The van der Waals surface area contributed by atoms with Crippen LogP contribution in [0, 0.1) is 6.92 Å². The van der Waals surface area contributed by atoms with Gasteiger partial charge < -0.3 is 0 Å². The largest absolute Gasteiger partial charge is 0.264 e. The van der Waals surface area contributed by atoms with E-state index in [0.29, 0.717) is 5.82 Å². The smallest absolute Gasteiger partial charge is 0.261 e. The topological polar surface area (TPSA) is 87.7 Å². The zero-order valence-electron chi connectivity index (χ0n) is 9.11. The van der Waals surface area contributed by atoms with Crippen molar-refractivity contribution < 1.29 is 8.42 Å². The van der Waals surface area contributed by atoms with Gasteiger partial charge in [-0.05, 0) is 25.1 Å². The molecule has 1 heterocycles. The monoisotopic (exact) mass is 306 g/mol. The average Bonchev–Trinajstić information content (AvgIpc) is 2.61. The number of nitrogens with one attached hydrogen (secondary N) is 2. The lowest BCUT2D eigenvalue weighted by molar-refractivity contribution is 0.601. The first-order valence-electron chi connectivity index (χ1n) is 4.75. The molecule has 96 valence electrons. The van der Waals surface area contributed by atoms with Crippen molar-refractivity contribution in [2.24, 2.45) is 0 Å². The van der Waals surface area contributed by atoms with Crippen LogP contribution in [0.1, 0.15) is 5.82 Å². The van der Waals surface area contributed by atoms with Crippen LogP contribution < -0.4 is 4.72 Å². The highest BCUT2D eigenvalue weighted by atomic mass is 35.5. The molecule has 0 saturated carbocycles. The molecule has 0 radical (unpaired) electrons. The van der Waals surface area contributed by atoms with E-state index in [4.69, 9.17) is 23.2 Å². The second-order valence-electron chi connectivity index (χ2n) is 3.46. The van der Waals surface area contributed by atoms with E-state index in [-0.39, 0.29) is 20.9 Å². The molecule has 9 heteroatoms. The summed E-state index contributed by atoms with van der Waals surface area (Å²) < 4.78 is 26.2. The average molecular weight is 307 g/mol. The van der Waals surface area contributed by atoms with Crippen molar-refractivity contribution in [2.75, 3.05) is 4.72 Å². The Morgan fingerprint density at radius 3 is 2.33 bits per heavy atom. The predicted octanol–water partition coefficient (Wildman–Crippen LogP) is 2.22. The molecule has 18 heavy (non-hydrogen) atoms. The van der Waals surface area contributed by atoms with Crippen LogP contribution in [-0.2, 0) is 10.0 Å². The van der Waals surface area contributed by atoms with Gasteiger partial charge in [-0.2, -0.15) is 4.98 Å². The number of halogens is 2. The Kier molecular flexibility index (Phi) is 3.47. The van der Waals surface area contributed by atoms with E-state index in [1.165, 1.54) is 18.2 Å². The van der Waals surface area contributed by atoms with Gasteiger partial charge in [0.2, 0.25) is 0 Å². The highest BCUT2D eigenvalue weighted by molar-refractivity contribution is 7.92. The van der Waals surface area contributed by atoms with E-state index in [1.54, 1.807) is 6.92 Å². The fourth-order valence-corrected chi connectivity index (χ4v) is 2.92. The second kappa shape index (κ2) is 4.75. The summed E-state index contributed by atoms with van der Waals surface area (Å²) in [6.45, 7) is 1.65. The molecule has 0 saturated heterocycles. The summed E-state index contributed by atoms with van der Waals surface area (Å²) in [4.78, 5) is 3.79. The van der Waals surface area contributed by atoms with Crippen molar-refractivity contribution >= 4 is 39.2 Å². The van der Waals surface area contributed by atoms with Crippen LogP contribution in [0.2, 0.25) is 10.0 Å². The van der Waals surface area contributed by atoms with Crippen molar-refractivity contribution in [3.05, 3.63) is 34.1 Å². The summed E-state index contributed by atoms with van der Waals surface area (Å²) in [5, 5.41) is 6.67. The molecule has 0 spiro atoms. The summed E-state index contributed by atoms with van der Waals surface area (Å²) in [7, 11) is -3.81. The fourth-order valence-electron chi connectivity index (χ4n) is 1.25. The maximum atomic E-state index is 12.0. The van der Waals surface area contributed by atoms with E-state index in [1.807, 2.05) is 0 Å². The number of nitrogens with zero attached hydrogens (tertiary/aromatic N) is 2. The van der Waals surface area contributed by atoms with Crippen LogP contribution in [0.25, 0.3) is 0 Å². The van der Waals surface area contributed by atoms with Gasteiger partial charge in [0, 0.05) is 10.0 Å². The molecule has 0 amide bonds. The van der Waals surface area contributed by atoms with Gasteiger partial charge in [0.05, 0.1) is 4.90 Å². The van der Waals surface area contributed by atoms with Gasteiger partial charge in [-0.15, -0.1) is 5.10 Å². The van der Waals surface area contributed by atoms with E-state index in [9.17, 15) is 8.42 Å². The Balaban J connectivity index is 2.36. The van der Waals surface area contributed by atoms with E-state index in [2.05, 4.69) is 19.9 Å². The lowest BCUT2D eigenvalue weighted by atomic mass is 10.4. The second-order valence-corrected chi connectivity index (χ2v) is 6.01. The minimum Gasteiger partial charge on any atom is -0.261 e. The molecule has 0 aliphatic heterocycles. The van der Waals surface area contributed by atoms with Crippen molar-refractivity contribution in [2.45, 2.75) is 11.8 Å². The van der Waals surface area contributed by atoms with Gasteiger partial charge in [-0.25, -0.2) is 13.1 Å². The van der Waals surface area contributed by atoms with Gasteiger partial charge >= 0.3 is 0 Å². The van der Waals surface area contributed by atoms with Crippen molar-refractivity contribution in [3.63, 3.8) is 0 Å². The minimum absolute atomic E-state index is 0.0383. The maximum absolute atomic E-state index is 12.0. The molecule has 2 N–H and O–H groups in total. The van der Waals surface area contributed by atoms with Gasteiger partial charge in [0.1, 0.15) is 5.82 Å². The number of H-pyrrole nitrogens is 1. The third-order valence-electron chi connectivity index (χ3n) is 1.97. The number of hydrogen-bond acceptors (Lipinski definition) is 4. The Morgan fingerprint density at radius 1 is 1.22 bits per heavy atom. The Hall–Kier alpha value is -1.31. The zero-order valence-corrected chi connectivity index (χ0v) is 11.4. The molecule has 0 aliphatic rings. The Bertz CT molecular complexity index is 663. The molecule has 0 aliphatic carbocycles. The molecule has 2 aromatic rings. The molecular weight excluding hydrogens is 299 g/mol. The maximum Gasteiger partial charge on any atom is 0.264 e. The van der Waals surface area contributed by atoms with Crippen molar-refractivity contribution in [1.82, 2.24) is 15.2 Å². The van der Waals surface area contributed by atoms with Gasteiger partial charge in [0.25, 0.3) is 16.0 Å². The van der Waals surface area contributed by atoms with E-state index in [0.717, 1.165) is 0 Å². The van der Waals surface area contributed by atoms with Crippen LogP contribution in [0.3, 0.4) is 0 Å². The van der Waals surface area contributed by atoms with Crippen LogP contribution >= 0.6 is 23.2 Å². The van der Waals surface area contributed by atoms with Gasteiger partial charge in [0.15, 0.2) is 0 Å². The van der Waals surface area contributed by atoms with E-state index >= 15 is 0 Å². The first-order chi connectivity index (χ1) is 8.37. The summed E-state index contributed by atoms with van der Waals surface area (Å²) in [5.74, 6) is 0.459. The molecule has 0 unspecified atom stereocenters. The standard InChI is InChI=1S/C9H8Cl2N4O2S/c1-5-12-9(14-13-5)15-18(16,17)8-3-6(10)2-7(11)4-8/h2-4H,1H3,(H2,12,13,14,15). The third-order valence-corrected chi connectivity index (χ3v) is 3.71. The molecular formula is C9H8Cl2N4O2S. The SMILES string of the molecule is Cc1nc(NS(=O)(=O)c2cc(Cl)cc(Cl)c2)n[nH]1.